The van der Waals surface area contributed by atoms with E-state index in [4.69, 9.17) is 9.47 Å². The highest BCUT2D eigenvalue weighted by atomic mass is 79.9. The molecule has 4 aromatic carbocycles. The first kappa shape index (κ1) is 23.9. The van der Waals surface area contributed by atoms with Crippen LogP contribution >= 0.6 is 15.9 Å². The van der Waals surface area contributed by atoms with E-state index in [1.54, 1.807) is 48.5 Å². The van der Waals surface area contributed by atoms with Crippen molar-refractivity contribution >= 4 is 34.0 Å². The first-order chi connectivity index (χ1) is 17.1. The second-order valence-corrected chi connectivity index (χ2v) is 8.35. The van der Waals surface area contributed by atoms with Crippen molar-refractivity contribution in [3.05, 3.63) is 119 Å². The summed E-state index contributed by atoms with van der Waals surface area (Å²) in [4.78, 5) is 24.2. The van der Waals surface area contributed by atoms with Crippen LogP contribution in [-0.2, 0) is 4.79 Å². The van der Waals surface area contributed by atoms with Gasteiger partial charge in [-0.05, 0) is 77.4 Å². The van der Waals surface area contributed by atoms with Crippen molar-refractivity contribution in [3.8, 4) is 22.6 Å². The molecular formula is C28H21BrN2O4. The predicted molar refractivity (Wildman–Crippen MR) is 139 cm³/mol. The third-order valence-corrected chi connectivity index (χ3v) is 5.43. The molecule has 0 aliphatic rings. The van der Waals surface area contributed by atoms with Gasteiger partial charge in [-0.25, -0.2) is 10.2 Å². The van der Waals surface area contributed by atoms with Gasteiger partial charge < -0.3 is 9.47 Å². The number of carbonyl (C=O) groups is 2. The first-order valence-corrected chi connectivity index (χ1v) is 11.5. The molecule has 0 atom stereocenters. The number of nitrogens with zero attached hydrogens (tertiary/aromatic N) is 1. The molecule has 0 bridgehead atoms. The standard InChI is InChI=1S/C28H21BrN2O4/c29-24-12-8-23(9-13-24)28(33)35-26-14-6-20(7-15-26)18-30-31-27(32)19-34-25-16-10-22(11-17-25)21-4-2-1-3-5-21/h1-18H,19H2,(H,31,32). The van der Waals surface area contributed by atoms with Crippen molar-refractivity contribution in [2.75, 3.05) is 6.61 Å². The largest absolute Gasteiger partial charge is 0.484 e. The average Bonchev–Trinajstić information content (AvgIpc) is 2.90. The maximum absolute atomic E-state index is 12.2. The number of hydrazone groups is 1. The highest BCUT2D eigenvalue weighted by Gasteiger charge is 2.08. The molecule has 0 saturated carbocycles. The van der Waals surface area contributed by atoms with Gasteiger partial charge in [0.15, 0.2) is 6.61 Å². The van der Waals surface area contributed by atoms with E-state index in [0.29, 0.717) is 17.1 Å². The van der Waals surface area contributed by atoms with Gasteiger partial charge in [0.25, 0.3) is 5.91 Å². The maximum Gasteiger partial charge on any atom is 0.343 e. The second kappa shape index (κ2) is 11.8. The van der Waals surface area contributed by atoms with Crippen molar-refractivity contribution in [2.24, 2.45) is 5.10 Å². The fourth-order valence-electron chi connectivity index (χ4n) is 3.11. The van der Waals surface area contributed by atoms with E-state index in [0.717, 1.165) is 21.2 Å². The van der Waals surface area contributed by atoms with Crippen molar-refractivity contribution in [3.63, 3.8) is 0 Å². The summed E-state index contributed by atoms with van der Waals surface area (Å²) in [6.45, 7) is -0.160. The van der Waals surface area contributed by atoms with Crippen LogP contribution in [0.2, 0.25) is 0 Å². The molecule has 0 radical (unpaired) electrons. The molecule has 0 saturated heterocycles. The maximum atomic E-state index is 12.2. The summed E-state index contributed by atoms with van der Waals surface area (Å²) in [5, 5.41) is 3.94. The van der Waals surface area contributed by atoms with Crippen LogP contribution in [0.4, 0.5) is 0 Å². The molecule has 35 heavy (non-hydrogen) atoms. The Bertz CT molecular complexity index is 1300. The van der Waals surface area contributed by atoms with Gasteiger partial charge in [-0.2, -0.15) is 5.10 Å². The normalized spacial score (nSPS) is 10.7. The molecule has 0 aliphatic heterocycles. The van der Waals surface area contributed by atoms with Crippen molar-refractivity contribution < 1.29 is 19.1 Å². The molecule has 6 nitrogen and oxygen atoms in total. The van der Waals surface area contributed by atoms with E-state index in [1.807, 2.05) is 54.6 Å². The van der Waals surface area contributed by atoms with E-state index in [2.05, 4.69) is 26.5 Å². The van der Waals surface area contributed by atoms with Crippen molar-refractivity contribution in [1.29, 1.82) is 0 Å². The summed E-state index contributed by atoms with van der Waals surface area (Å²) in [7, 11) is 0. The summed E-state index contributed by atoms with van der Waals surface area (Å²) in [5.74, 6) is 0.178. The number of amides is 1. The molecule has 7 heteroatoms. The SMILES string of the molecule is O=C(COc1ccc(-c2ccccc2)cc1)NN=Cc1ccc(OC(=O)c2ccc(Br)cc2)cc1. The zero-order valence-electron chi connectivity index (χ0n) is 18.6. The van der Waals surface area contributed by atoms with Crippen LogP contribution in [0.1, 0.15) is 15.9 Å². The van der Waals surface area contributed by atoms with Gasteiger partial charge in [-0.1, -0.05) is 58.4 Å². The highest BCUT2D eigenvalue weighted by molar-refractivity contribution is 9.10. The molecule has 0 aliphatic carbocycles. The van der Waals surface area contributed by atoms with E-state index in [1.165, 1.54) is 6.21 Å². The number of esters is 1. The molecule has 0 heterocycles. The fourth-order valence-corrected chi connectivity index (χ4v) is 3.37. The van der Waals surface area contributed by atoms with Crippen LogP contribution in [-0.4, -0.2) is 24.7 Å². The van der Waals surface area contributed by atoms with Gasteiger partial charge in [0.05, 0.1) is 11.8 Å². The summed E-state index contributed by atoms with van der Waals surface area (Å²) in [6.07, 6.45) is 1.49. The lowest BCUT2D eigenvalue weighted by atomic mass is 10.1. The Morgan fingerprint density at radius 2 is 1.40 bits per heavy atom. The summed E-state index contributed by atoms with van der Waals surface area (Å²) >= 11 is 3.33. The van der Waals surface area contributed by atoms with Gasteiger partial charge in [0, 0.05) is 4.47 Å². The number of hydrogen-bond acceptors (Lipinski definition) is 5. The topological polar surface area (TPSA) is 77.0 Å². The highest BCUT2D eigenvalue weighted by Crippen LogP contribution is 2.22. The minimum Gasteiger partial charge on any atom is -0.484 e. The Balaban J connectivity index is 1.22. The number of ether oxygens (including phenoxy) is 2. The summed E-state index contributed by atoms with van der Waals surface area (Å²) in [6, 6.07) is 31.2. The van der Waals surface area contributed by atoms with Crippen molar-refractivity contribution in [1.82, 2.24) is 5.43 Å². The molecule has 4 aromatic rings. The third-order valence-electron chi connectivity index (χ3n) is 4.90. The quantitative estimate of drug-likeness (QED) is 0.134. The minimum absolute atomic E-state index is 0.160. The Hall–Kier alpha value is -4.23. The lowest BCUT2D eigenvalue weighted by Gasteiger charge is -2.07. The lowest BCUT2D eigenvalue weighted by molar-refractivity contribution is -0.123. The summed E-state index contributed by atoms with van der Waals surface area (Å²) < 4.78 is 11.8. The molecule has 0 fully saturated rings. The molecule has 1 amide bonds. The van der Waals surface area contributed by atoms with Gasteiger partial charge in [-0.15, -0.1) is 0 Å². The third kappa shape index (κ3) is 7.12. The van der Waals surface area contributed by atoms with Crippen LogP contribution in [0.3, 0.4) is 0 Å². The Morgan fingerprint density at radius 1 is 0.771 bits per heavy atom. The van der Waals surface area contributed by atoms with Crippen molar-refractivity contribution in [2.45, 2.75) is 0 Å². The van der Waals surface area contributed by atoms with E-state index in [-0.39, 0.29) is 12.5 Å². The minimum atomic E-state index is -0.444. The number of rotatable bonds is 8. The van der Waals surface area contributed by atoms with Crippen LogP contribution in [0.15, 0.2) is 113 Å². The zero-order valence-corrected chi connectivity index (χ0v) is 20.1. The number of hydrogen-bond donors (Lipinski definition) is 1. The molecule has 1 N–H and O–H groups in total. The first-order valence-electron chi connectivity index (χ1n) is 10.7. The fraction of sp³-hybridized carbons (Fsp3) is 0.0357. The number of nitrogens with one attached hydrogen (secondary N) is 1. The Morgan fingerprint density at radius 3 is 2.09 bits per heavy atom. The second-order valence-electron chi connectivity index (χ2n) is 7.44. The number of halogens is 1. The smallest absolute Gasteiger partial charge is 0.343 e. The predicted octanol–water partition coefficient (Wildman–Crippen LogP) is 5.86. The molecule has 0 aromatic heterocycles. The molecule has 174 valence electrons. The molecular weight excluding hydrogens is 508 g/mol. The van der Waals surface area contributed by atoms with E-state index in [9.17, 15) is 9.59 Å². The van der Waals surface area contributed by atoms with Crippen LogP contribution < -0.4 is 14.9 Å². The van der Waals surface area contributed by atoms with Crippen LogP contribution in [0.5, 0.6) is 11.5 Å². The monoisotopic (exact) mass is 528 g/mol. The average molecular weight is 529 g/mol. The number of benzene rings is 4. The van der Waals surface area contributed by atoms with Gasteiger partial charge in [-0.3, -0.25) is 4.79 Å². The van der Waals surface area contributed by atoms with Crippen LogP contribution in [0.25, 0.3) is 11.1 Å². The number of carbonyl (C=O) groups excluding carboxylic acids is 2. The molecule has 0 unspecified atom stereocenters. The van der Waals surface area contributed by atoms with Crippen LogP contribution in [0, 0.1) is 0 Å². The van der Waals surface area contributed by atoms with Gasteiger partial charge >= 0.3 is 5.97 Å². The lowest BCUT2D eigenvalue weighted by Crippen LogP contribution is -2.24. The van der Waals surface area contributed by atoms with E-state index >= 15 is 0 Å². The Labute approximate surface area is 211 Å². The molecule has 4 rings (SSSR count). The van der Waals surface area contributed by atoms with Gasteiger partial charge in [0.1, 0.15) is 11.5 Å². The molecule has 0 spiro atoms. The zero-order chi connectivity index (χ0) is 24.5. The Kier molecular flexibility index (Phi) is 8.04. The summed E-state index contributed by atoms with van der Waals surface area (Å²) in [5.41, 5.74) is 5.79. The van der Waals surface area contributed by atoms with Gasteiger partial charge in [0.2, 0.25) is 0 Å². The van der Waals surface area contributed by atoms with E-state index < -0.39 is 5.97 Å².